The number of halogens is 1. The molecular formula is C19H25ClN2O2. The molecule has 2 aromatic rings. The summed E-state index contributed by atoms with van der Waals surface area (Å²) < 4.78 is 5.41. The van der Waals surface area contributed by atoms with E-state index in [4.69, 9.17) is 10.5 Å². The number of nitrogens with zero attached hydrogens (tertiary/aromatic N) is 1. The van der Waals surface area contributed by atoms with E-state index in [0.717, 1.165) is 22.4 Å². The Bertz CT molecular complexity index is 671. The normalized spacial score (nSPS) is 12.7. The number of benzene rings is 2. The van der Waals surface area contributed by atoms with Crippen LogP contribution >= 0.6 is 12.4 Å². The summed E-state index contributed by atoms with van der Waals surface area (Å²) in [5, 5.41) is 0. The van der Waals surface area contributed by atoms with Gasteiger partial charge in [-0.3, -0.25) is 4.79 Å². The predicted molar refractivity (Wildman–Crippen MR) is 101 cm³/mol. The van der Waals surface area contributed by atoms with E-state index in [9.17, 15) is 4.79 Å². The number of methoxy groups -OCH3 is 1. The molecule has 130 valence electrons. The Morgan fingerprint density at radius 2 is 1.67 bits per heavy atom. The smallest absolute Gasteiger partial charge is 0.239 e. The van der Waals surface area contributed by atoms with Crippen LogP contribution in [0.5, 0.6) is 5.75 Å². The van der Waals surface area contributed by atoms with Gasteiger partial charge in [0.15, 0.2) is 0 Å². The number of para-hydroxylation sites is 1. The van der Waals surface area contributed by atoms with Crippen molar-refractivity contribution in [2.75, 3.05) is 14.2 Å². The van der Waals surface area contributed by atoms with E-state index in [2.05, 4.69) is 0 Å². The third-order valence-corrected chi connectivity index (χ3v) is 4.13. The second kappa shape index (κ2) is 8.71. The first-order valence-electron chi connectivity index (χ1n) is 7.71. The maximum atomic E-state index is 12.0. The lowest BCUT2D eigenvalue weighted by molar-refractivity contribution is -0.132. The monoisotopic (exact) mass is 348 g/mol. The van der Waals surface area contributed by atoms with Gasteiger partial charge in [-0.25, -0.2) is 0 Å². The minimum absolute atomic E-state index is 0. The van der Waals surface area contributed by atoms with E-state index in [1.807, 2.05) is 55.5 Å². The van der Waals surface area contributed by atoms with E-state index in [0.29, 0.717) is 0 Å². The van der Waals surface area contributed by atoms with Crippen LogP contribution in [0.2, 0.25) is 0 Å². The summed E-state index contributed by atoms with van der Waals surface area (Å²) in [7, 11) is 3.45. The van der Waals surface area contributed by atoms with Crippen molar-refractivity contribution >= 4 is 18.3 Å². The number of hydrogen-bond donors (Lipinski definition) is 1. The Labute approximate surface area is 150 Å². The van der Waals surface area contributed by atoms with Gasteiger partial charge in [0.05, 0.1) is 19.2 Å². The first kappa shape index (κ1) is 20.0. The van der Waals surface area contributed by atoms with E-state index in [1.54, 1.807) is 26.0 Å². The van der Waals surface area contributed by atoms with Gasteiger partial charge in [-0.2, -0.15) is 0 Å². The standard InChI is InChI=1S/C19H24N2O2.ClH/c1-13(20)19(22)21(3)14(2)15-9-11-16(12-10-15)17-7-5-6-8-18(17)23-4;/h5-14H,20H2,1-4H3;1H/t13-,14?;/m0./s1. The lowest BCUT2D eigenvalue weighted by Gasteiger charge is -2.27. The van der Waals surface area contributed by atoms with Gasteiger partial charge in [0.2, 0.25) is 5.91 Å². The van der Waals surface area contributed by atoms with Gasteiger partial charge >= 0.3 is 0 Å². The molecular weight excluding hydrogens is 324 g/mol. The van der Waals surface area contributed by atoms with Crippen molar-refractivity contribution < 1.29 is 9.53 Å². The number of rotatable bonds is 5. The zero-order chi connectivity index (χ0) is 17.0. The largest absolute Gasteiger partial charge is 0.496 e. The Morgan fingerprint density at radius 1 is 1.08 bits per heavy atom. The first-order valence-corrected chi connectivity index (χ1v) is 7.71. The molecule has 0 aliphatic heterocycles. The number of amides is 1. The van der Waals surface area contributed by atoms with Crippen LogP contribution in [0.15, 0.2) is 48.5 Å². The quantitative estimate of drug-likeness (QED) is 0.897. The summed E-state index contributed by atoms with van der Waals surface area (Å²) in [6.45, 7) is 3.70. The molecule has 0 heterocycles. The van der Waals surface area contributed by atoms with E-state index in [1.165, 1.54) is 0 Å². The third kappa shape index (κ3) is 4.28. The lowest BCUT2D eigenvalue weighted by Crippen LogP contribution is -2.40. The molecule has 4 nitrogen and oxygen atoms in total. The molecule has 0 saturated heterocycles. The molecule has 1 unspecified atom stereocenters. The molecule has 0 aliphatic rings. The molecule has 2 aromatic carbocycles. The summed E-state index contributed by atoms with van der Waals surface area (Å²) in [5.41, 5.74) is 8.88. The summed E-state index contributed by atoms with van der Waals surface area (Å²) in [6, 6.07) is 15.6. The Hall–Kier alpha value is -2.04. The number of ether oxygens (including phenoxy) is 1. The molecule has 2 atom stereocenters. The van der Waals surface area contributed by atoms with E-state index in [-0.39, 0.29) is 24.4 Å². The SMILES string of the molecule is COc1ccccc1-c1ccc(C(C)N(C)C(=O)[C@H](C)N)cc1.Cl. The second-order valence-electron chi connectivity index (χ2n) is 5.74. The van der Waals surface area contributed by atoms with Crippen LogP contribution in [0.25, 0.3) is 11.1 Å². The fourth-order valence-electron chi connectivity index (χ4n) is 2.56. The summed E-state index contributed by atoms with van der Waals surface area (Å²) in [6.07, 6.45) is 0. The van der Waals surface area contributed by atoms with Crippen molar-refractivity contribution in [3.63, 3.8) is 0 Å². The fourth-order valence-corrected chi connectivity index (χ4v) is 2.56. The summed E-state index contributed by atoms with van der Waals surface area (Å²) in [5.74, 6) is 0.781. The number of carbonyl (C=O) groups excluding carboxylic acids is 1. The van der Waals surface area contributed by atoms with Crippen molar-refractivity contribution in [3.8, 4) is 16.9 Å². The van der Waals surface area contributed by atoms with Gasteiger partial charge in [-0.1, -0.05) is 42.5 Å². The van der Waals surface area contributed by atoms with Crippen LogP contribution in [0.3, 0.4) is 0 Å². The zero-order valence-electron chi connectivity index (χ0n) is 14.5. The molecule has 0 aromatic heterocycles. The molecule has 0 saturated carbocycles. The second-order valence-corrected chi connectivity index (χ2v) is 5.74. The number of hydrogen-bond acceptors (Lipinski definition) is 3. The molecule has 24 heavy (non-hydrogen) atoms. The van der Waals surface area contributed by atoms with Crippen molar-refractivity contribution in [2.45, 2.75) is 25.9 Å². The van der Waals surface area contributed by atoms with Gasteiger partial charge in [-0.15, -0.1) is 12.4 Å². The molecule has 0 radical (unpaired) electrons. The summed E-state index contributed by atoms with van der Waals surface area (Å²) >= 11 is 0. The molecule has 0 fully saturated rings. The Kier molecular flexibility index (Phi) is 7.26. The maximum Gasteiger partial charge on any atom is 0.239 e. The fraction of sp³-hybridized carbons (Fsp3) is 0.316. The van der Waals surface area contributed by atoms with E-state index < -0.39 is 6.04 Å². The Morgan fingerprint density at radius 3 is 2.21 bits per heavy atom. The van der Waals surface area contributed by atoms with Crippen LogP contribution in [0.4, 0.5) is 0 Å². The van der Waals surface area contributed by atoms with Crippen molar-refractivity contribution in [2.24, 2.45) is 5.73 Å². The van der Waals surface area contributed by atoms with Crippen LogP contribution < -0.4 is 10.5 Å². The van der Waals surface area contributed by atoms with Crippen molar-refractivity contribution in [3.05, 3.63) is 54.1 Å². The molecule has 2 rings (SSSR count). The van der Waals surface area contributed by atoms with Crippen molar-refractivity contribution in [1.82, 2.24) is 4.90 Å². The molecule has 0 bridgehead atoms. The van der Waals surface area contributed by atoms with Crippen LogP contribution in [-0.2, 0) is 4.79 Å². The first-order chi connectivity index (χ1) is 11.0. The van der Waals surface area contributed by atoms with E-state index >= 15 is 0 Å². The molecule has 0 aliphatic carbocycles. The highest BCUT2D eigenvalue weighted by Gasteiger charge is 2.20. The molecule has 5 heteroatoms. The number of carbonyl (C=O) groups is 1. The highest BCUT2D eigenvalue weighted by Crippen LogP contribution is 2.30. The maximum absolute atomic E-state index is 12.0. The minimum Gasteiger partial charge on any atom is -0.496 e. The Balaban J connectivity index is 0.00000288. The van der Waals surface area contributed by atoms with Gasteiger partial charge in [0.25, 0.3) is 0 Å². The average molecular weight is 349 g/mol. The molecule has 1 amide bonds. The van der Waals surface area contributed by atoms with Gasteiger partial charge in [0, 0.05) is 12.6 Å². The van der Waals surface area contributed by atoms with Crippen molar-refractivity contribution in [1.29, 1.82) is 0 Å². The molecule has 2 N–H and O–H groups in total. The highest BCUT2D eigenvalue weighted by molar-refractivity contribution is 5.85. The third-order valence-electron chi connectivity index (χ3n) is 4.13. The van der Waals surface area contributed by atoms with Gasteiger partial charge in [-0.05, 0) is 31.0 Å². The van der Waals surface area contributed by atoms with Gasteiger partial charge in [0.1, 0.15) is 5.75 Å². The topological polar surface area (TPSA) is 55.6 Å². The number of likely N-dealkylation sites (N-methyl/N-ethyl adjacent to an activating group) is 1. The predicted octanol–water partition coefficient (Wildman–Crippen LogP) is 3.65. The molecule has 0 spiro atoms. The highest BCUT2D eigenvalue weighted by atomic mass is 35.5. The number of nitrogens with two attached hydrogens (primary N) is 1. The van der Waals surface area contributed by atoms with Crippen LogP contribution in [0, 0.1) is 0 Å². The van der Waals surface area contributed by atoms with Gasteiger partial charge < -0.3 is 15.4 Å². The summed E-state index contributed by atoms with van der Waals surface area (Å²) in [4.78, 5) is 13.7. The minimum atomic E-state index is -0.490. The van der Waals surface area contributed by atoms with Crippen LogP contribution in [-0.4, -0.2) is 31.0 Å². The zero-order valence-corrected chi connectivity index (χ0v) is 15.3. The average Bonchev–Trinajstić information content (AvgIpc) is 2.59. The lowest BCUT2D eigenvalue weighted by atomic mass is 10.00. The van der Waals surface area contributed by atoms with Crippen LogP contribution in [0.1, 0.15) is 25.5 Å².